The predicted octanol–water partition coefficient (Wildman–Crippen LogP) is 2.87. The molecule has 0 aromatic rings. The van der Waals surface area contributed by atoms with Gasteiger partial charge in [-0.1, -0.05) is 54.7 Å². The van der Waals surface area contributed by atoms with Crippen molar-refractivity contribution in [3.05, 3.63) is 60.8 Å². The van der Waals surface area contributed by atoms with Gasteiger partial charge in [0.1, 0.15) is 0 Å². The van der Waals surface area contributed by atoms with E-state index in [4.69, 9.17) is 5.11 Å². The van der Waals surface area contributed by atoms with Gasteiger partial charge in [0, 0.05) is 6.08 Å². The number of hydrogen-bond acceptors (Lipinski definition) is 1. The molecule has 0 aromatic heterocycles. The number of carboxylic acid groups (broad SMARTS) is 1. The first-order valence-electron chi connectivity index (χ1n) is 4.29. The molecule has 0 unspecified atom stereocenters. The Balaban J connectivity index is 3.76. The molecule has 0 aliphatic rings. The standard InChI is InChI=1S/C12H14O2/c1-2-3-4-5-6-7-8-9-10-11-12(13)14/h2-11H,1H3,(H,13,14)/b3-2?,5-4?,7-6?,9-8+,11-10+. The average Bonchev–Trinajstić information content (AvgIpc) is 2.15. The van der Waals surface area contributed by atoms with Crippen LogP contribution >= 0.6 is 0 Å². The van der Waals surface area contributed by atoms with Crippen LogP contribution in [-0.4, -0.2) is 11.1 Å². The van der Waals surface area contributed by atoms with Crippen LogP contribution < -0.4 is 0 Å². The molecule has 0 saturated carbocycles. The summed E-state index contributed by atoms with van der Waals surface area (Å²) < 4.78 is 0. The van der Waals surface area contributed by atoms with Gasteiger partial charge in [-0.3, -0.25) is 0 Å². The van der Waals surface area contributed by atoms with E-state index >= 15 is 0 Å². The first-order chi connectivity index (χ1) is 6.77. The number of hydrogen-bond donors (Lipinski definition) is 1. The van der Waals surface area contributed by atoms with Gasteiger partial charge in [0.25, 0.3) is 0 Å². The molecule has 0 aromatic carbocycles. The maximum atomic E-state index is 10.0. The van der Waals surface area contributed by atoms with Crippen LogP contribution in [0.1, 0.15) is 6.92 Å². The van der Waals surface area contributed by atoms with Gasteiger partial charge in [0.15, 0.2) is 0 Å². The van der Waals surface area contributed by atoms with Crippen molar-refractivity contribution in [3.63, 3.8) is 0 Å². The summed E-state index contributed by atoms with van der Waals surface area (Å²) in [5.41, 5.74) is 0. The normalized spacial score (nSPS) is 13.2. The topological polar surface area (TPSA) is 37.3 Å². The third kappa shape index (κ3) is 10.2. The lowest BCUT2D eigenvalue weighted by atomic mass is 10.3. The lowest BCUT2D eigenvalue weighted by Crippen LogP contribution is -1.84. The molecule has 0 heterocycles. The highest BCUT2D eigenvalue weighted by Gasteiger charge is 1.78. The first kappa shape index (κ1) is 12.2. The van der Waals surface area contributed by atoms with E-state index in [0.29, 0.717) is 0 Å². The zero-order valence-electron chi connectivity index (χ0n) is 8.13. The fraction of sp³-hybridized carbons (Fsp3) is 0.0833. The summed E-state index contributed by atoms with van der Waals surface area (Å²) in [4.78, 5) is 10.0. The van der Waals surface area contributed by atoms with E-state index in [1.807, 2.05) is 43.4 Å². The van der Waals surface area contributed by atoms with Crippen LogP contribution in [-0.2, 0) is 4.79 Å². The van der Waals surface area contributed by atoms with E-state index in [2.05, 4.69) is 0 Å². The molecular weight excluding hydrogens is 176 g/mol. The van der Waals surface area contributed by atoms with E-state index in [9.17, 15) is 4.79 Å². The molecule has 2 heteroatoms. The maximum Gasteiger partial charge on any atom is 0.328 e. The van der Waals surface area contributed by atoms with Crippen LogP contribution in [0.5, 0.6) is 0 Å². The number of aliphatic carboxylic acids is 1. The quantitative estimate of drug-likeness (QED) is 0.534. The van der Waals surface area contributed by atoms with Crippen LogP contribution in [0.3, 0.4) is 0 Å². The maximum absolute atomic E-state index is 10.0. The SMILES string of the molecule is CC=CC=CC=C/C=C/C=C/C(=O)O. The molecule has 2 nitrogen and oxygen atoms in total. The predicted molar refractivity (Wildman–Crippen MR) is 59.0 cm³/mol. The first-order valence-corrected chi connectivity index (χ1v) is 4.29. The Labute approximate surface area is 84.3 Å². The van der Waals surface area contributed by atoms with Crippen molar-refractivity contribution in [2.75, 3.05) is 0 Å². The Hall–Kier alpha value is -1.83. The summed E-state index contributed by atoms with van der Waals surface area (Å²) in [6.45, 7) is 1.95. The number of carbonyl (C=O) groups is 1. The van der Waals surface area contributed by atoms with Gasteiger partial charge < -0.3 is 5.11 Å². The molecule has 0 fully saturated rings. The van der Waals surface area contributed by atoms with Crippen LogP contribution in [0.25, 0.3) is 0 Å². The molecule has 0 amide bonds. The van der Waals surface area contributed by atoms with E-state index in [1.54, 1.807) is 12.2 Å². The highest BCUT2D eigenvalue weighted by Crippen LogP contribution is 1.83. The van der Waals surface area contributed by atoms with Gasteiger partial charge in [0.2, 0.25) is 0 Å². The third-order valence-electron chi connectivity index (χ3n) is 1.21. The van der Waals surface area contributed by atoms with Gasteiger partial charge in [-0.25, -0.2) is 4.79 Å². The zero-order valence-corrected chi connectivity index (χ0v) is 8.13. The van der Waals surface area contributed by atoms with E-state index < -0.39 is 5.97 Å². The molecule has 0 spiro atoms. The molecule has 0 atom stereocenters. The smallest absolute Gasteiger partial charge is 0.328 e. The molecule has 1 N–H and O–H groups in total. The molecule has 0 radical (unpaired) electrons. The van der Waals surface area contributed by atoms with Crippen molar-refractivity contribution in [3.8, 4) is 0 Å². The largest absolute Gasteiger partial charge is 0.478 e. The Morgan fingerprint density at radius 2 is 1.29 bits per heavy atom. The van der Waals surface area contributed by atoms with E-state index in [-0.39, 0.29) is 0 Å². The van der Waals surface area contributed by atoms with Crippen molar-refractivity contribution in [2.24, 2.45) is 0 Å². The van der Waals surface area contributed by atoms with Crippen molar-refractivity contribution in [1.82, 2.24) is 0 Å². The Kier molecular flexibility index (Phi) is 8.05. The van der Waals surface area contributed by atoms with Crippen molar-refractivity contribution >= 4 is 5.97 Å². The highest BCUT2D eigenvalue weighted by atomic mass is 16.4. The average molecular weight is 190 g/mol. The van der Waals surface area contributed by atoms with E-state index in [1.165, 1.54) is 6.08 Å². The molecular formula is C12H14O2. The third-order valence-corrected chi connectivity index (χ3v) is 1.21. The molecule has 0 aliphatic carbocycles. The molecule has 0 aliphatic heterocycles. The second-order valence-electron chi connectivity index (χ2n) is 2.38. The number of rotatable bonds is 5. The van der Waals surface area contributed by atoms with Gasteiger partial charge in [-0.15, -0.1) is 0 Å². The van der Waals surface area contributed by atoms with Gasteiger partial charge in [0.05, 0.1) is 0 Å². The van der Waals surface area contributed by atoms with Crippen LogP contribution in [0, 0.1) is 0 Å². The summed E-state index contributed by atoms with van der Waals surface area (Å²) in [5.74, 6) is -0.938. The summed E-state index contributed by atoms with van der Waals surface area (Å²) in [6, 6.07) is 0. The molecule has 0 rings (SSSR count). The van der Waals surface area contributed by atoms with Crippen LogP contribution in [0.2, 0.25) is 0 Å². The second kappa shape index (κ2) is 9.26. The second-order valence-corrected chi connectivity index (χ2v) is 2.38. The lowest BCUT2D eigenvalue weighted by molar-refractivity contribution is -0.131. The number of carboxylic acids is 1. The van der Waals surface area contributed by atoms with Gasteiger partial charge in [-0.2, -0.15) is 0 Å². The molecule has 0 saturated heterocycles. The Morgan fingerprint density at radius 1 is 0.857 bits per heavy atom. The molecule has 74 valence electrons. The zero-order chi connectivity index (χ0) is 10.6. The highest BCUT2D eigenvalue weighted by molar-refractivity contribution is 5.80. The summed E-state index contributed by atoms with van der Waals surface area (Å²) in [6.07, 6.45) is 17.4. The monoisotopic (exact) mass is 190 g/mol. The molecule has 0 bridgehead atoms. The van der Waals surface area contributed by atoms with Gasteiger partial charge >= 0.3 is 5.97 Å². The van der Waals surface area contributed by atoms with Crippen molar-refractivity contribution < 1.29 is 9.90 Å². The minimum atomic E-state index is -0.938. The summed E-state index contributed by atoms with van der Waals surface area (Å²) in [7, 11) is 0. The Bertz CT molecular complexity index is 291. The van der Waals surface area contributed by atoms with E-state index in [0.717, 1.165) is 6.08 Å². The Morgan fingerprint density at radius 3 is 1.71 bits per heavy atom. The fourth-order valence-electron chi connectivity index (χ4n) is 0.634. The lowest BCUT2D eigenvalue weighted by Gasteiger charge is -1.75. The van der Waals surface area contributed by atoms with Crippen LogP contribution in [0.4, 0.5) is 0 Å². The van der Waals surface area contributed by atoms with Crippen LogP contribution in [0.15, 0.2) is 60.8 Å². The summed E-state index contributed by atoms with van der Waals surface area (Å²) in [5, 5.41) is 8.26. The number of allylic oxidation sites excluding steroid dienone is 9. The minimum Gasteiger partial charge on any atom is -0.478 e. The van der Waals surface area contributed by atoms with Crippen molar-refractivity contribution in [1.29, 1.82) is 0 Å². The summed E-state index contributed by atoms with van der Waals surface area (Å²) >= 11 is 0. The molecule has 14 heavy (non-hydrogen) atoms. The fourth-order valence-corrected chi connectivity index (χ4v) is 0.634. The van der Waals surface area contributed by atoms with Crippen molar-refractivity contribution in [2.45, 2.75) is 6.92 Å². The minimum absolute atomic E-state index is 0.938. The van der Waals surface area contributed by atoms with Gasteiger partial charge in [-0.05, 0) is 6.92 Å².